The maximum absolute atomic E-state index is 13.1. The number of carbonyl (C=O) groups excluding carboxylic acids is 2. The van der Waals surface area contributed by atoms with Gasteiger partial charge in [0, 0.05) is 12.6 Å². The number of alkyl halides is 3. The first-order valence-corrected chi connectivity index (χ1v) is 9.95. The predicted octanol–water partition coefficient (Wildman–Crippen LogP) is 4.84. The molecule has 2 heterocycles. The Morgan fingerprint density at radius 3 is 2.45 bits per heavy atom. The van der Waals surface area contributed by atoms with E-state index in [4.69, 9.17) is 4.42 Å². The van der Waals surface area contributed by atoms with Crippen LogP contribution in [-0.2, 0) is 28.7 Å². The van der Waals surface area contributed by atoms with Crippen LogP contribution < -0.4 is 10.6 Å². The first-order chi connectivity index (χ1) is 15.7. The Kier molecular flexibility index (Phi) is 5.91. The van der Waals surface area contributed by atoms with E-state index >= 15 is 0 Å². The van der Waals surface area contributed by atoms with Crippen molar-refractivity contribution in [1.82, 2.24) is 9.55 Å². The molecule has 7 nitrogen and oxygen atoms in total. The van der Waals surface area contributed by atoms with Crippen molar-refractivity contribution in [2.45, 2.75) is 26.1 Å². The lowest BCUT2D eigenvalue weighted by atomic mass is 10.1. The summed E-state index contributed by atoms with van der Waals surface area (Å²) in [6.45, 7) is 1.57. The Labute approximate surface area is 186 Å². The van der Waals surface area contributed by atoms with Crippen LogP contribution in [0.5, 0.6) is 0 Å². The quantitative estimate of drug-likeness (QED) is 0.435. The Morgan fingerprint density at radius 2 is 1.82 bits per heavy atom. The fourth-order valence-corrected chi connectivity index (χ4v) is 3.38. The van der Waals surface area contributed by atoms with E-state index in [1.54, 1.807) is 41.0 Å². The zero-order chi connectivity index (χ0) is 23.6. The second-order valence-electron chi connectivity index (χ2n) is 7.41. The van der Waals surface area contributed by atoms with Gasteiger partial charge in [0.25, 0.3) is 0 Å². The number of hydrogen-bond donors (Lipinski definition) is 2. The molecule has 4 aromatic rings. The number of benzene rings is 2. The van der Waals surface area contributed by atoms with Crippen LogP contribution in [0.1, 0.15) is 23.8 Å². The summed E-state index contributed by atoms with van der Waals surface area (Å²) >= 11 is 0. The number of amides is 2. The number of imidazole rings is 1. The highest BCUT2D eigenvalue weighted by Crippen LogP contribution is 2.32. The van der Waals surface area contributed by atoms with E-state index in [0.717, 1.165) is 12.1 Å². The topological polar surface area (TPSA) is 89.2 Å². The molecule has 0 spiro atoms. The van der Waals surface area contributed by atoms with Gasteiger partial charge in [0.05, 0.1) is 35.8 Å². The minimum absolute atomic E-state index is 0.0120. The number of fused-ring (bicyclic) bond motifs is 1. The standard InChI is InChI=1S/C23H19F3N4O3/c1-14(31)27-17-7-4-15(5-8-17)11-21(32)29-22-28-19-12-16(23(24,25)26)6-9-20(19)30(22)13-18-3-2-10-33-18/h2-10,12H,11,13H2,1H3,(H,27,31)(H,28,29,32). The van der Waals surface area contributed by atoms with Gasteiger partial charge in [-0.25, -0.2) is 4.98 Å². The number of nitrogens with one attached hydrogen (secondary N) is 2. The number of carbonyl (C=O) groups is 2. The van der Waals surface area contributed by atoms with Crippen molar-refractivity contribution < 1.29 is 27.2 Å². The molecule has 0 saturated heterocycles. The highest BCUT2D eigenvalue weighted by atomic mass is 19.4. The molecule has 2 aromatic heterocycles. The minimum Gasteiger partial charge on any atom is -0.467 e. The molecular weight excluding hydrogens is 437 g/mol. The average molecular weight is 456 g/mol. The van der Waals surface area contributed by atoms with Crippen LogP contribution in [0.2, 0.25) is 0 Å². The molecule has 0 fully saturated rings. The van der Waals surface area contributed by atoms with Crippen LogP contribution in [0.3, 0.4) is 0 Å². The highest BCUT2D eigenvalue weighted by molar-refractivity contribution is 5.93. The normalized spacial score (nSPS) is 11.5. The first kappa shape index (κ1) is 22.1. The summed E-state index contributed by atoms with van der Waals surface area (Å²) in [6, 6.07) is 13.4. The summed E-state index contributed by atoms with van der Waals surface area (Å²) in [5.41, 5.74) is 0.998. The molecule has 0 bridgehead atoms. The molecule has 170 valence electrons. The molecule has 0 aliphatic carbocycles. The lowest BCUT2D eigenvalue weighted by Crippen LogP contribution is -2.18. The molecule has 10 heteroatoms. The van der Waals surface area contributed by atoms with Crippen LogP contribution in [0, 0.1) is 0 Å². The van der Waals surface area contributed by atoms with Crippen LogP contribution >= 0.6 is 0 Å². The summed E-state index contributed by atoms with van der Waals surface area (Å²) < 4.78 is 46.4. The number of halogens is 3. The summed E-state index contributed by atoms with van der Waals surface area (Å²) in [5.74, 6) is 0.0674. The van der Waals surface area contributed by atoms with Gasteiger partial charge >= 0.3 is 6.18 Å². The minimum atomic E-state index is -4.51. The SMILES string of the molecule is CC(=O)Nc1ccc(CC(=O)Nc2nc3cc(C(F)(F)F)ccc3n2Cc2ccco2)cc1. The van der Waals surface area contributed by atoms with Crippen molar-refractivity contribution in [2.75, 3.05) is 10.6 Å². The zero-order valence-corrected chi connectivity index (χ0v) is 17.4. The van der Waals surface area contributed by atoms with Gasteiger partial charge in [-0.05, 0) is 48.0 Å². The van der Waals surface area contributed by atoms with Crippen molar-refractivity contribution in [3.63, 3.8) is 0 Å². The fourth-order valence-electron chi connectivity index (χ4n) is 3.38. The number of furan rings is 1. The summed E-state index contributed by atoms with van der Waals surface area (Å²) in [5, 5.41) is 5.33. The average Bonchev–Trinajstić information content (AvgIpc) is 3.36. The second-order valence-corrected chi connectivity index (χ2v) is 7.41. The van der Waals surface area contributed by atoms with Crippen LogP contribution in [-0.4, -0.2) is 21.4 Å². The Morgan fingerprint density at radius 1 is 1.06 bits per heavy atom. The maximum atomic E-state index is 13.1. The number of hydrogen-bond acceptors (Lipinski definition) is 4. The maximum Gasteiger partial charge on any atom is 0.416 e. The number of nitrogens with zero attached hydrogens (tertiary/aromatic N) is 2. The molecular formula is C23H19F3N4O3. The van der Waals surface area contributed by atoms with E-state index in [2.05, 4.69) is 15.6 Å². The third-order valence-electron chi connectivity index (χ3n) is 4.86. The van der Waals surface area contributed by atoms with Gasteiger partial charge in [-0.15, -0.1) is 0 Å². The van der Waals surface area contributed by atoms with Gasteiger partial charge in [0.2, 0.25) is 17.8 Å². The monoisotopic (exact) mass is 456 g/mol. The molecule has 0 aliphatic heterocycles. The molecule has 0 radical (unpaired) electrons. The first-order valence-electron chi connectivity index (χ1n) is 9.95. The third kappa shape index (κ3) is 5.22. The van der Waals surface area contributed by atoms with Gasteiger partial charge < -0.3 is 14.3 Å². The van der Waals surface area contributed by atoms with Crippen molar-refractivity contribution in [2.24, 2.45) is 0 Å². The van der Waals surface area contributed by atoms with E-state index in [-0.39, 0.29) is 30.3 Å². The molecule has 0 aliphatic rings. The number of rotatable bonds is 6. The predicted molar refractivity (Wildman–Crippen MR) is 116 cm³/mol. The third-order valence-corrected chi connectivity index (χ3v) is 4.86. The van der Waals surface area contributed by atoms with E-state index < -0.39 is 17.6 Å². The number of aromatic nitrogens is 2. The van der Waals surface area contributed by atoms with E-state index in [1.807, 2.05) is 0 Å². The lowest BCUT2D eigenvalue weighted by Gasteiger charge is -2.10. The molecule has 0 saturated carbocycles. The number of anilines is 2. The van der Waals surface area contributed by atoms with Gasteiger partial charge in [0.1, 0.15) is 5.76 Å². The smallest absolute Gasteiger partial charge is 0.416 e. The van der Waals surface area contributed by atoms with E-state index in [9.17, 15) is 22.8 Å². The van der Waals surface area contributed by atoms with E-state index in [1.165, 1.54) is 19.3 Å². The second kappa shape index (κ2) is 8.81. The largest absolute Gasteiger partial charge is 0.467 e. The van der Waals surface area contributed by atoms with Gasteiger partial charge in [-0.2, -0.15) is 13.2 Å². The molecule has 2 amide bonds. The molecule has 33 heavy (non-hydrogen) atoms. The van der Waals surface area contributed by atoms with Crippen molar-refractivity contribution >= 4 is 34.5 Å². The van der Waals surface area contributed by atoms with Crippen LogP contribution in [0.15, 0.2) is 65.3 Å². The molecule has 0 unspecified atom stereocenters. The Hall–Kier alpha value is -4.08. The van der Waals surface area contributed by atoms with E-state index in [0.29, 0.717) is 22.5 Å². The molecule has 4 rings (SSSR count). The van der Waals surface area contributed by atoms with Gasteiger partial charge in [-0.3, -0.25) is 14.9 Å². The molecule has 2 N–H and O–H groups in total. The Bertz CT molecular complexity index is 1290. The summed E-state index contributed by atoms with van der Waals surface area (Å²) in [4.78, 5) is 28.0. The van der Waals surface area contributed by atoms with Crippen LogP contribution in [0.25, 0.3) is 11.0 Å². The zero-order valence-electron chi connectivity index (χ0n) is 17.4. The van der Waals surface area contributed by atoms with Crippen LogP contribution in [0.4, 0.5) is 24.8 Å². The van der Waals surface area contributed by atoms with Crippen molar-refractivity contribution in [3.8, 4) is 0 Å². The lowest BCUT2D eigenvalue weighted by molar-refractivity contribution is -0.137. The fraction of sp³-hybridized carbons (Fsp3) is 0.174. The molecule has 2 aromatic carbocycles. The Balaban J connectivity index is 1.59. The van der Waals surface area contributed by atoms with Gasteiger partial charge in [-0.1, -0.05) is 12.1 Å². The highest BCUT2D eigenvalue weighted by Gasteiger charge is 2.31. The molecule has 0 atom stereocenters. The van der Waals surface area contributed by atoms with Gasteiger partial charge in [0.15, 0.2) is 0 Å². The summed E-state index contributed by atoms with van der Waals surface area (Å²) in [7, 11) is 0. The van der Waals surface area contributed by atoms with Crippen molar-refractivity contribution in [1.29, 1.82) is 0 Å². The summed E-state index contributed by atoms with van der Waals surface area (Å²) in [6.07, 6.45) is -3.01. The van der Waals surface area contributed by atoms with Crippen molar-refractivity contribution in [3.05, 3.63) is 77.7 Å².